The average Bonchev–Trinajstić information content (AvgIpc) is 2.28. The summed E-state index contributed by atoms with van der Waals surface area (Å²) in [5.41, 5.74) is 0.416. The lowest BCUT2D eigenvalue weighted by Gasteiger charge is -2.35. The van der Waals surface area contributed by atoms with E-state index in [4.69, 9.17) is 4.74 Å². The average molecular weight is 241 g/mol. The van der Waals surface area contributed by atoms with Gasteiger partial charge in [-0.25, -0.2) is 0 Å². The van der Waals surface area contributed by atoms with Crippen LogP contribution in [0.15, 0.2) is 0 Å². The van der Waals surface area contributed by atoms with E-state index in [9.17, 15) is 0 Å². The first-order valence-electron chi connectivity index (χ1n) is 7.32. The Morgan fingerprint density at radius 3 is 2.41 bits per heavy atom. The maximum Gasteiger partial charge on any atom is 0.0468 e. The van der Waals surface area contributed by atoms with Crippen LogP contribution in [0.4, 0.5) is 0 Å². The molecule has 0 radical (unpaired) electrons. The molecule has 0 aromatic carbocycles. The topological polar surface area (TPSA) is 21.3 Å². The van der Waals surface area contributed by atoms with Crippen molar-refractivity contribution in [3.05, 3.63) is 0 Å². The molecule has 17 heavy (non-hydrogen) atoms. The van der Waals surface area contributed by atoms with Gasteiger partial charge in [0.1, 0.15) is 0 Å². The Bertz CT molecular complexity index is 192. The molecule has 1 saturated heterocycles. The summed E-state index contributed by atoms with van der Waals surface area (Å²) in [7, 11) is 0. The molecule has 1 aliphatic heterocycles. The molecule has 1 heterocycles. The second-order valence-electron chi connectivity index (χ2n) is 6.56. The van der Waals surface area contributed by atoms with Crippen molar-refractivity contribution >= 4 is 0 Å². The summed E-state index contributed by atoms with van der Waals surface area (Å²) in [5, 5.41) is 3.60. The summed E-state index contributed by atoms with van der Waals surface area (Å²) in [4.78, 5) is 0. The van der Waals surface area contributed by atoms with Gasteiger partial charge < -0.3 is 10.1 Å². The number of ether oxygens (including phenoxy) is 1. The van der Waals surface area contributed by atoms with Crippen LogP contribution in [0, 0.1) is 17.3 Å². The van der Waals surface area contributed by atoms with Crippen molar-refractivity contribution in [2.75, 3.05) is 26.3 Å². The predicted molar refractivity (Wildman–Crippen MR) is 74.3 cm³/mol. The fourth-order valence-corrected chi connectivity index (χ4v) is 2.58. The molecule has 0 spiro atoms. The fourth-order valence-electron chi connectivity index (χ4n) is 2.58. The third kappa shape index (κ3) is 5.87. The van der Waals surface area contributed by atoms with Crippen LogP contribution in [-0.2, 0) is 4.74 Å². The maximum absolute atomic E-state index is 5.45. The third-order valence-corrected chi connectivity index (χ3v) is 4.00. The molecule has 1 atom stereocenters. The van der Waals surface area contributed by atoms with E-state index < -0.39 is 0 Å². The Kier molecular flexibility index (Phi) is 6.50. The van der Waals surface area contributed by atoms with Gasteiger partial charge in [0.2, 0.25) is 0 Å². The second kappa shape index (κ2) is 7.38. The molecule has 0 amide bonds. The zero-order valence-corrected chi connectivity index (χ0v) is 12.2. The van der Waals surface area contributed by atoms with Gasteiger partial charge in [-0.05, 0) is 56.0 Å². The quantitative estimate of drug-likeness (QED) is 0.719. The van der Waals surface area contributed by atoms with Gasteiger partial charge in [0.25, 0.3) is 0 Å². The van der Waals surface area contributed by atoms with Gasteiger partial charge in [-0.15, -0.1) is 0 Å². The molecule has 0 saturated carbocycles. The van der Waals surface area contributed by atoms with Crippen molar-refractivity contribution in [1.82, 2.24) is 5.32 Å². The van der Waals surface area contributed by atoms with E-state index in [1.54, 1.807) is 0 Å². The summed E-state index contributed by atoms with van der Waals surface area (Å²) < 4.78 is 5.45. The molecule has 1 rings (SSSR count). The first-order chi connectivity index (χ1) is 8.04. The Labute approximate surface area is 108 Å². The van der Waals surface area contributed by atoms with Crippen molar-refractivity contribution < 1.29 is 4.74 Å². The lowest BCUT2D eigenvalue weighted by molar-refractivity contribution is 0.0495. The van der Waals surface area contributed by atoms with Gasteiger partial charge in [-0.2, -0.15) is 0 Å². The highest BCUT2D eigenvalue weighted by Crippen LogP contribution is 2.33. The monoisotopic (exact) mass is 241 g/mol. The smallest absolute Gasteiger partial charge is 0.0468 e. The van der Waals surface area contributed by atoms with E-state index >= 15 is 0 Å². The van der Waals surface area contributed by atoms with Gasteiger partial charge in [-0.1, -0.05) is 27.7 Å². The molecule has 2 heteroatoms. The first-order valence-corrected chi connectivity index (χ1v) is 7.32. The zero-order chi connectivity index (χ0) is 12.7. The van der Waals surface area contributed by atoms with Crippen molar-refractivity contribution in [3.63, 3.8) is 0 Å². The Morgan fingerprint density at radius 1 is 1.24 bits per heavy atom. The number of rotatable bonds is 6. The molecule has 0 aliphatic carbocycles. The third-order valence-electron chi connectivity index (χ3n) is 4.00. The molecular formula is C15H31NO. The molecule has 1 unspecified atom stereocenters. The largest absolute Gasteiger partial charge is 0.381 e. The van der Waals surface area contributed by atoms with Gasteiger partial charge in [0.05, 0.1) is 0 Å². The van der Waals surface area contributed by atoms with Crippen molar-refractivity contribution in [1.29, 1.82) is 0 Å². The fraction of sp³-hybridized carbons (Fsp3) is 1.00. The second-order valence-corrected chi connectivity index (χ2v) is 6.56. The van der Waals surface area contributed by atoms with Gasteiger partial charge in [-0.3, -0.25) is 0 Å². The minimum absolute atomic E-state index is 0.416. The normalized spacial score (nSPS) is 20.5. The highest BCUT2D eigenvalue weighted by molar-refractivity contribution is 4.79. The minimum Gasteiger partial charge on any atom is -0.381 e. The van der Waals surface area contributed by atoms with Crippen LogP contribution in [0.1, 0.15) is 53.4 Å². The summed E-state index contributed by atoms with van der Waals surface area (Å²) in [6.07, 6.45) is 5.12. The number of hydrogen-bond donors (Lipinski definition) is 1. The zero-order valence-electron chi connectivity index (χ0n) is 12.2. The van der Waals surface area contributed by atoms with Crippen molar-refractivity contribution in [3.8, 4) is 0 Å². The molecular weight excluding hydrogens is 210 g/mol. The highest BCUT2D eigenvalue weighted by atomic mass is 16.5. The van der Waals surface area contributed by atoms with Crippen LogP contribution in [0.5, 0.6) is 0 Å². The van der Waals surface area contributed by atoms with Crippen LogP contribution in [0.2, 0.25) is 0 Å². The summed E-state index contributed by atoms with van der Waals surface area (Å²) in [6.45, 7) is 13.7. The maximum atomic E-state index is 5.45. The summed E-state index contributed by atoms with van der Waals surface area (Å²) in [5.74, 6) is 1.67. The van der Waals surface area contributed by atoms with E-state index in [-0.39, 0.29) is 0 Å². The molecule has 0 bridgehead atoms. The Balaban J connectivity index is 2.39. The molecule has 1 N–H and O–H groups in total. The molecule has 0 aromatic heterocycles. The molecule has 1 fully saturated rings. The Morgan fingerprint density at radius 2 is 1.88 bits per heavy atom. The van der Waals surface area contributed by atoms with Gasteiger partial charge in [0.15, 0.2) is 0 Å². The van der Waals surface area contributed by atoms with Gasteiger partial charge >= 0.3 is 0 Å². The van der Waals surface area contributed by atoms with Crippen LogP contribution < -0.4 is 5.32 Å². The number of hydrogen-bond acceptors (Lipinski definition) is 2. The SMILES string of the molecule is CCCNCC(CC1CCOCC1)C(C)(C)C. The predicted octanol–water partition coefficient (Wildman–Crippen LogP) is 3.47. The van der Waals surface area contributed by atoms with E-state index in [0.29, 0.717) is 5.41 Å². The standard InChI is InChI=1S/C15H31NO/c1-5-8-16-12-14(15(2,3)4)11-13-6-9-17-10-7-13/h13-14,16H,5-12H2,1-4H3. The molecule has 1 aliphatic rings. The lowest BCUT2D eigenvalue weighted by Crippen LogP contribution is -2.34. The lowest BCUT2D eigenvalue weighted by atomic mass is 9.74. The van der Waals surface area contributed by atoms with E-state index in [2.05, 4.69) is 33.0 Å². The highest BCUT2D eigenvalue weighted by Gasteiger charge is 2.27. The summed E-state index contributed by atoms with van der Waals surface area (Å²) >= 11 is 0. The van der Waals surface area contributed by atoms with Crippen LogP contribution >= 0.6 is 0 Å². The van der Waals surface area contributed by atoms with Crippen molar-refractivity contribution in [2.24, 2.45) is 17.3 Å². The Hall–Kier alpha value is -0.0800. The van der Waals surface area contributed by atoms with Crippen LogP contribution in [-0.4, -0.2) is 26.3 Å². The van der Waals surface area contributed by atoms with E-state index in [1.807, 2.05) is 0 Å². The molecule has 0 aromatic rings. The molecule has 2 nitrogen and oxygen atoms in total. The van der Waals surface area contributed by atoms with E-state index in [1.165, 1.54) is 32.2 Å². The van der Waals surface area contributed by atoms with Crippen LogP contribution in [0.3, 0.4) is 0 Å². The molecule has 102 valence electrons. The van der Waals surface area contributed by atoms with Gasteiger partial charge in [0, 0.05) is 13.2 Å². The summed E-state index contributed by atoms with van der Waals surface area (Å²) in [6, 6.07) is 0. The van der Waals surface area contributed by atoms with E-state index in [0.717, 1.165) is 31.6 Å². The minimum atomic E-state index is 0.416. The van der Waals surface area contributed by atoms with Crippen molar-refractivity contribution in [2.45, 2.75) is 53.4 Å². The first kappa shape index (κ1) is 15.0. The number of nitrogens with one attached hydrogen (secondary N) is 1. The van der Waals surface area contributed by atoms with Crippen LogP contribution in [0.25, 0.3) is 0 Å².